The van der Waals surface area contributed by atoms with Crippen LogP contribution in [0.4, 0.5) is 0 Å². The molecule has 0 aliphatic heterocycles. The van der Waals surface area contributed by atoms with E-state index in [0.717, 1.165) is 11.3 Å². The number of rotatable bonds is 4. The van der Waals surface area contributed by atoms with Crippen molar-refractivity contribution in [3.63, 3.8) is 0 Å². The molecule has 0 amide bonds. The molecule has 0 aliphatic carbocycles. The fourth-order valence-corrected chi connectivity index (χ4v) is 2.59. The average molecular weight is 331 g/mol. The molecule has 0 spiro atoms. The number of nitrogens with zero attached hydrogens (tertiary/aromatic N) is 2. The van der Waals surface area contributed by atoms with Crippen LogP contribution in [-0.2, 0) is 6.54 Å². The van der Waals surface area contributed by atoms with Crippen molar-refractivity contribution in [2.24, 2.45) is 0 Å². The van der Waals surface area contributed by atoms with Crippen LogP contribution >= 0.6 is 11.6 Å². The SMILES string of the molecule is COc1ccc(Cn2ccc(=O)c3ccc(Cl)nc32)c(OC)c1. The molecule has 0 radical (unpaired) electrons. The quantitative estimate of drug-likeness (QED) is 0.690. The second-order valence-electron chi connectivity index (χ2n) is 4.99. The average Bonchev–Trinajstić information content (AvgIpc) is 2.57. The van der Waals surface area contributed by atoms with Gasteiger partial charge in [-0.25, -0.2) is 4.98 Å². The maximum Gasteiger partial charge on any atom is 0.191 e. The summed E-state index contributed by atoms with van der Waals surface area (Å²) >= 11 is 5.98. The minimum absolute atomic E-state index is 0.0814. The number of benzene rings is 1. The van der Waals surface area contributed by atoms with Crippen molar-refractivity contribution in [1.29, 1.82) is 0 Å². The molecule has 0 N–H and O–H groups in total. The Morgan fingerprint density at radius 2 is 1.96 bits per heavy atom. The smallest absolute Gasteiger partial charge is 0.191 e. The Bertz CT molecular complexity index is 921. The number of aromatic nitrogens is 2. The second kappa shape index (κ2) is 6.30. The molecule has 5 nitrogen and oxygen atoms in total. The standard InChI is InChI=1S/C17H15ClN2O3/c1-22-12-4-3-11(15(9-12)23-2)10-20-8-7-14(21)13-5-6-16(18)19-17(13)20/h3-9H,10H2,1-2H3. The minimum atomic E-state index is -0.0814. The van der Waals surface area contributed by atoms with Crippen LogP contribution in [0.1, 0.15) is 5.56 Å². The summed E-state index contributed by atoms with van der Waals surface area (Å²) in [6, 6.07) is 10.4. The molecule has 0 saturated carbocycles. The molecule has 0 atom stereocenters. The highest BCUT2D eigenvalue weighted by Gasteiger charge is 2.09. The molecular formula is C17H15ClN2O3. The zero-order valence-corrected chi connectivity index (χ0v) is 13.5. The van der Waals surface area contributed by atoms with E-state index in [0.29, 0.717) is 28.5 Å². The lowest BCUT2D eigenvalue weighted by atomic mass is 10.1. The summed E-state index contributed by atoms with van der Waals surface area (Å²) in [4.78, 5) is 16.2. The predicted octanol–water partition coefficient (Wildman–Crippen LogP) is 3.12. The van der Waals surface area contributed by atoms with E-state index in [9.17, 15) is 4.79 Å². The Hall–Kier alpha value is -2.53. The van der Waals surface area contributed by atoms with Gasteiger partial charge in [0.25, 0.3) is 0 Å². The molecule has 23 heavy (non-hydrogen) atoms. The van der Waals surface area contributed by atoms with Gasteiger partial charge in [-0.15, -0.1) is 0 Å². The van der Waals surface area contributed by atoms with Crippen molar-refractivity contribution < 1.29 is 9.47 Å². The lowest BCUT2D eigenvalue weighted by molar-refractivity contribution is 0.390. The largest absolute Gasteiger partial charge is 0.497 e. The molecule has 1 aromatic carbocycles. The molecule has 2 heterocycles. The molecule has 3 aromatic rings. The fourth-order valence-electron chi connectivity index (χ4n) is 2.45. The van der Waals surface area contributed by atoms with E-state index < -0.39 is 0 Å². The van der Waals surface area contributed by atoms with Gasteiger partial charge in [0.1, 0.15) is 22.3 Å². The number of halogens is 1. The monoisotopic (exact) mass is 330 g/mol. The lowest BCUT2D eigenvalue weighted by Gasteiger charge is -2.14. The molecule has 0 saturated heterocycles. The van der Waals surface area contributed by atoms with E-state index in [4.69, 9.17) is 21.1 Å². The molecular weight excluding hydrogens is 316 g/mol. The van der Waals surface area contributed by atoms with Crippen molar-refractivity contribution in [3.05, 3.63) is 63.5 Å². The van der Waals surface area contributed by atoms with E-state index in [2.05, 4.69) is 4.98 Å². The van der Waals surface area contributed by atoms with Gasteiger partial charge in [0.2, 0.25) is 0 Å². The van der Waals surface area contributed by atoms with Gasteiger partial charge < -0.3 is 14.0 Å². The second-order valence-corrected chi connectivity index (χ2v) is 5.38. The van der Waals surface area contributed by atoms with E-state index in [1.807, 2.05) is 22.8 Å². The van der Waals surface area contributed by atoms with E-state index in [1.54, 1.807) is 32.5 Å². The maximum absolute atomic E-state index is 12.0. The highest BCUT2D eigenvalue weighted by atomic mass is 35.5. The number of ether oxygens (including phenoxy) is 2. The topological polar surface area (TPSA) is 53.4 Å². The van der Waals surface area contributed by atoms with Gasteiger partial charge in [-0.3, -0.25) is 4.79 Å². The van der Waals surface area contributed by atoms with Crippen molar-refractivity contribution in [3.8, 4) is 11.5 Å². The molecule has 118 valence electrons. The van der Waals surface area contributed by atoms with Gasteiger partial charge in [-0.05, 0) is 24.3 Å². The first-order valence-corrected chi connectivity index (χ1v) is 7.37. The molecule has 0 aliphatic rings. The summed E-state index contributed by atoms with van der Waals surface area (Å²) in [5, 5.41) is 0.878. The zero-order chi connectivity index (χ0) is 16.4. The Morgan fingerprint density at radius 1 is 1.13 bits per heavy atom. The first kappa shape index (κ1) is 15.4. The molecule has 0 unspecified atom stereocenters. The van der Waals surface area contributed by atoms with Crippen LogP contribution in [0.5, 0.6) is 11.5 Å². The first-order valence-electron chi connectivity index (χ1n) is 6.99. The fraction of sp³-hybridized carbons (Fsp3) is 0.176. The summed E-state index contributed by atoms with van der Waals surface area (Å²) in [7, 11) is 3.21. The lowest BCUT2D eigenvalue weighted by Crippen LogP contribution is -2.11. The number of hydrogen-bond acceptors (Lipinski definition) is 4. The third kappa shape index (κ3) is 3.00. The van der Waals surface area contributed by atoms with Crippen molar-refractivity contribution in [1.82, 2.24) is 9.55 Å². The summed E-state index contributed by atoms with van der Waals surface area (Å²) < 4.78 is 12.5. The number of hydrogen-bond donors (Lipinski definition) is 0. The van der Waals surface area contributed by atoms with Crippen LogP contribution in [0.25, 0.3) is 11.0 Å². The van der Waals surface area contributed by atoms with Crippen LogP contribution in [0, 0.1) is 0 Å². The van der Waals surface area contributed by atoms with Crippen LogP contribution in [-0.4, -0.2) is 23.8 Å². The molecule has 3 rings (SSSR count). The molecule has 0 fully saturated rings. The third-order valence-electron chi connectivity index (χ3n) is 3.62. The molecule has 2 aromatic heterocycles. The zero-order valence-electron chi connectivity index (χ0n) is 12.7. The van der Waals surface area contributed by atoms with E-state index >= 15 is 0 Å². The highest BCUT2D eigenvalue weighted by Crippen LogP contribution is 2.26. The molecule has 0 bridgehead atoms. The Kier molecular flexibility index (Phi) is 4.21. The van der Waals surface area contributed by atoms with Crippen molar-refractivity contribution in [2.75, 3.05) is 14.2 Å². The van der Waals surface area contributed by atoms with E-state index in [-0.39, 0.29) is 5.43 Å². The van der Waals surface area contributed by atoms with Gasteiger partial charge in [0.15, 0.2) is 5.43 Å². The number of fused-ring (bicyclic) bond motifs is 1. The Labute approximate surface area is 138 Å². The molecule has 6 heteroatoms. The van der Waals surface area contributed by atoms with Crippen LogP contribution < -0.4 is 14.9 Å². The summed E-state index contributed by atoms with van der Waals surface area (Å²) in [5.74, 6) is 1.43. The summed E-state index contributed by atoms with van der Waals surface area (Å²) in [6.07, 6.45) is 1.71. The predicted molar refractivity (Wildman–Crippen MR) is 89.7 cm³/mol. The summed E-state index contributed by atoms with van der Waals surface area (Å²) in [6.45, 7) is 0.497. The third-order valence-corrected chi connectivity index (χ3v) is 3.83. The van der Waals surface area contributed by atoms with Crippen LogP contribution in [0.2, 0.25) is 5.15 Å². The highest BCUT2D eigenvalue weighted by molar-refractivity contribution is 6.29. The Morgan fingerprint density at radius 3 is 2.70 bits per heavy atom. The van der Waals surface area contributed by atoms with E-state index in [1.165, 1.54) is 6.07 Å². The van der Waals surface area contributed by atoms with Gasteiger partial charge >= 0.3 is 0 Å². The van der Waals surface area contributed by atoms with Gasteiger partial charge in [0.05, 0.1) is 26.2 Å². The van der Waals surface area contributed by atoms with Crippen LogP contribution in [0.15, 0.2) is 47.4 Å². The Balaban J connectivity index is 2.10. The first-order chi connectivity index (χ1) is 11.1. The van der Waals surface area contributed by atoms with Crippen molar-refractivity contribution >= 4 is 22.6 Å². The van der Waals surface area contributed by atoms with Gasteiger partial charge in [0, 0.05) is 23.9 Å². The van der Waals surface area contributed by atoms with Gasteiger partial charge in [-0.1, -0.05) is 11.6 Å². The number of pyridine rings is 2. The maximum atomic E-state index is 12.0. The number of methoxy groups -OCH3 is 2. The van der Waals surface area contributed by atoms with Gasteiger partial charge in [-0.2, -0.15) is 0 Å². The summed E-state index contributed by atoms with van der Waals surface area (Å²) in [5.41, 5.74) is 1.41. The minimum Gasteiger partial charge on any atom is -0.497 e. The van der Waals surface area contributed by atoms with Crippen LogP contribution in [0.3, 0.4) is 0 Å². The normalized spacial score (nSPS) is 10.7. The van der Waals surface area contributed by atoms with Crippen molar-refractivity contribution in [2.45, 2.75) is 6.54 Å².